The lowest BCUT2D eigenvalue weighted by atomic mass is 10.1. The Labute approximate surface area is 138 Å². The summed E-state index contributed by atoms with van der Waals surface area (Å²) in [5, 5.41) is 7.37. The molecule has 0 spiro atoms. The highest BCUT2D eigenvalue weighted by Crippen LogP contribution is 2.24. The second-order valence-corrected chi connectivity index (χ2v) is 5.88. The minimum absolute atomic E-state index is 0.00582. The monoisotopic (exact) mass is 333 g/mol. The van der Waals surface area contributed by atoms with E-state index in [2.05, 4.69) is 10.2 Å². The van der Waals surface area contributed by atoms with Crippen LogP contribution in [0.15, 0.2) is 30.5 Å². The first-order valence-corrected chi connectivity index (χ1v) is 7.68. The van der Waals surface area contributed by atoms with Crippen molar-refractivity contribution in [3.8, 4) is 11.3 Å². The van der Waals surface area contributed by atoms with Crippen molar-refractivity contribution in [1.29, 1.82) is 0 Å². The summed E-state index contributed by atoms with van der Waals surface area (Å²) in [6.45, 7) is 2.57. The number of aromatic nitrogens is 2. The predicted molar refractivity (Wildman–Crippen MR) is 85.1 cm³/mol. The molecule has 1 atom stereocenters. The van der Waals surface area contributed by atoms with Crippen LogP contribution in [0, 0.1) is 0 Å². The summed E-state index contributed by atoms with van der Waals surface area (Å²) in [5.74, 6) is -0.451. The number of nitrogens with one attached hydrogen (secondary N) is 1. The van der Waals surface area contributed by atoms with Crippen LogP contribution in [-0.2, 0) is 9.53 Å². The Morgan fingerprint density at radius 2 is 2.09 bits per heavy atom. The Bertz CT molecular complexity index is 726. The number of hydrogen-bond acceptors (Lipinski definition) is 4. The number of carbonyl (C=O) groups is 2. The fraction of sp³-hybridized carbons (Fsp3) is 0.312. The van der Waals surface area contributed by atoms with Crippen molar-refractivity contribution in [1.82, 2.24) is 15.1 Å². The molecule has 23 heavy (non-hydrogen) atoms. The first-order chi connectivity index (χ1) is 11.0. The molecule has 0 saturated carbocycles. The van der Waals surface area contributed by atoms with Gasteiger partial charge >= 0.3 is 5.97 Å². The zero-order valence-corrected chi connectivity index (χ0v) is 13.3. The van der Waals surface area contributed by atoms with E-state index in [0.29, 0.717) is 35.8 Å². The highest BCUT2D eigenvalue weighted by atomic mass is 35.5. The second kappa shape index (κ2) is 6.42. The van der Waals surface area contributed by atoms with Crippen molar-refractivity contribution >= 4 is 23.5 Å². The molecule has 1 fully saturated rings. The quantitative estimate of drug-likeness (QED) is 0.876. The van der Waals surface area contributed by atoms with E-state index in [0.717, 1.165) is 5.56 Å². The number of carbonyl (C=O) groups excluding carboxylic acids is 2. The smallest absolute Gasteiger partial charge is 0.342 e. The average molecular weight is 334 g/mol. The number of esters is 1. The van der Waals surface area contributed by atoms with Gasteiger partial charge in [0.1, 0.15) is 11.7 Å². The third kappa shape index (κ3) is 3.37. The van der Waals surface area contributed by atoms with Crippen LogP contribution in [0.3, 0.4) is 0 Å². The van der Waals surface area contributed by atoms with Gasteiger partial charge in [0.15, 0.2) is 0 Å². The molecule has 2 heterocycles. The highest BCUT2D eigenvalue weighted by molar-refractivity contribution is 6.30. The Hall–Kier alpha value is -2.34. The van der Waals surface area contributed by atoms with Crippen molar-refractivity contribution in [2.24, 2.45) is 0 Å². The van der Waals surface area contributed by atoms with Gasteiger partial charge in [-0.05, 0) is 12.1 Å². The molecular formula is C16H16ClN3O3. The molecule has 1 aromatic carbocycles. The van der Waals surface area contributed by atoms with Crippen molar-refractivity contribution in [2.75, 3.05) is 13.1 Å². The van der Waals surface area contributed by atoms with Crippen molar-refractivity contribution in [3.63, 3.8) is 0 Å². The van der Waals surface area contributed by atoms with Gasteiger partial charge in [0.2, 0.25) is 5.91 Å². The van der Waals surface area contributed by atoms with Crippen LogP contribution in [0.25, 0.3) is 11.3 Å². The summed E-state index contributed by atoms with van der Waals surface area (Å²) in [6, 6.07) is 7.10. The molecule has 1 amide bonds. The van der Waals surface area contributed by atoms with E-state index in [-0.39, 0.29) is 12.0 Å². The standard InChI is InChI=1S/C16H16ClN3O3/c1-10(21)20-7-6-13(9-20)23-16(22)14-8-18-19-15(14)11-2-4-12(17)5-3-11/h2-5,8,13H,6-7,9H2,1H3,(H,18,19)/t13-/m1/s1. The number of ether oxygens (including phenoxy) is 1. The van der Waals surface area contributed by atoms with Gasteiger partial charge in [-0.2, -0.15) is 5.10 Å². The summed E-state index contributed by atoms with van der Waals surface area (Å²) in [4.78, 5) is 25.4. The van der Waals surface area contributed by atoms with Crippen LogP contribution in [0.4, 0.5) is 0 Å². The minimum Gasteiger partial charge on any atom is -0.457 e. The molecule has 1 aliphatic heterocycles. The third-order valence-electron chi connectivity index (χ3n) is 3.86. The molecule has 0 bridgehead atoms. The first-order valence-electron chi connectivity index (χ1n) is 7.30. The fourth-order valence-corrected chi connectivity index (χ4v) is 2.73. The summed E-state index contributed by atoms with van der Waals surface area (Å²) < 4.78 is 5.50. The van der Waals surface area contributed by atoms with Gasteiger partial charge in [-0.25, -0.2) is 4.79 Å². The lowest BCUT2D eigenvalue weighted by Crippen LogP contribution is -2.28. The molecule has 1 N–H and O–H groups in total. The summed E-state index contributed by atoms with van der Waals surface area (Å²) in [5.41, 5.74) is 1.76. The number of halogens is 1. The van der Waals surface area contributed by atoms with Crippen LogP contribution in [-0.4, -0.2) is 46.2 Å². The zero-order valence-electron chi connectivity index (χ0n) is 12.6. The Morgan fingerprint density at radius 1 is 1.35 bits per heavy atom. The zero-order chi connectivity index (χ0) is 16.4. The van der Waals surface area contributed by atoms with Crippen LogP contribution in [0.5, 0.6) is 0 Å². The number of rotatable bonds is 3. The molecule has 0 unspecified atom stereocenters. The largest absolute Gasteiger partial charge is 0.457 e. The molecule has 7 heteroatoms. The normalized spacial score (nSPS) is 17.3. The average Bonchev–Trinajstić information content (AvgIpc) is 3.16. The topological polar surface area (TPSA) is 75.3 Å². The maximum absolute atomic E-state index is 12.4. The van der Waals surface area contributed by atoms with Gasteiger partial charge in [-0.3, -0.25) is 9.89 Å². The Morgan fingerprint density at radius 3 is 2.74 bits per heavy atom. The lowest BCUT2D eigenvalue weighted by molar-refractivity contribution is -0.128. The molecule has 0 radical (unpaired) electrons. The summed E-state index contributed by atoms with van der Waals surface area (Å²) >= 11 is 5.88. The van der Waals surface area contributed by atoms with Gasteiger partial charge in [0, 0.05) is 30.5 Å². The number of nitrogens with zero attached hydrogens (tertiary/aromatic N) is 2. The van der Waals surface area contributed by atoms with Gasteiger partial charge in [0.05, 0.1) is 18.4 Å². The van der Waals surface area contributed by atoms with Crippen LogP contribution < -0.4 is 0 Å². The molecule has 3 rings (SSSR count). The van der Waals surface area contributed by atoms with Crippen molar-refractivity contribution in [3.05, 3.63) is 41.0 Å². The molecule has 1 saturated heterocycles. The van der Waals surface area contributed by atoms with Gasteiger partial charge in [-0.1, -0.05) is 23.7 Å². The molecule has 2 aromatic rings. The Balaban J connectivity index is 1.73. The second-order valence-electron chi connectivity index (χ2n) is 5.45. The lowest BCUT2D eigenvalue weighted by Gasteiger charge is -2.14. The maximum Gasteiger partial charge on any atom is 0.342 e. The van der Waals surface area contributed by atoms with Gasteiger partial charge < -0.3 is 9.64 Å². The van der Waals surface area contributed by atoms with E-state index in [4.69, 9.17) is 16.3 Å². The first kappa shape index (κ1) is 15.6. The fourth-order valence-electron chi connectivity index (χ4n) is 2.60. The predicted octanol–water partition coefficient (Wildman–Crippen LogP) is 2.51. The number of H-pyrrole nitrogens is 1. The van der Waals surface area contributed by atoms with E-state index < -0.39 is 5.97 Å². The van der Waals surface area contributed by atoms with E-state index in [1.54, 1.807) is 29.2 Å². The van der Waals surface area contributed by atoms with Crippen molar-refractivity contribution in [2.45, 2.75) is 19.4 Å². The van der Waals surface area contributed by atoms with Crippen LogP contribution in [0.2, 0.25) is 5.02 Å². The number of amides is 1. The number of hydrogen-bond donors (Lipinski definition) is 1. The third-order valence-corrected chi connectivity index (χ3v) is 4.11. The van der Waals surface area contributed by atoms with Crippen molar-refractivity contribution < 1.29 is 14.3 Å². The molecule has 1 aromatic heterocycles. The van der Waals surface area contributed by atoms with Crippen LogP contribution in [0.1, 0.15) is 23.7 Å². The van der Waals surface area contributed by atoms with Gasteiger partial charge in [0.25, 0.3) is 0 Å². The molecule has 120 valence electrons. The molecule has 0 aliphatic carbocycles. The number of likely N-dealkylation sites (tertiary alicyclic amines) is 1. The summed E-state index contributed by atoms with van der Waals surface area (Å²) in [6.07, 6.45) is 1.82. The van der Waals surface area contributed by atoms with E-state index in [9.17, 15) is 9.59 Å². The highest BCUT2D eigenvalue weighted by Gasteiger charge is 2.28. The Kier molecular flexibility index (Phi) is 4.34. The SMILES string of the molecule is CC(=O)N1CC[C@@H](OC(=O)c2cn[nH]c2-c2ccc(Cl)cc2)C1. The van der Waals surface area contributed by atoms with Gasteiger partial charge in [-0.15, -0.1) is 0 Å². The van der Waals surface area contributed by atoms with E-state index in [1.807, 2.05) is 0 Å². The number of benzene rings is 1. The number of aromatic amines is 1. The maximum atomic E-state index is 12.4. The molecule has 1 aliphatic rings. The molecular weight excluding hydrogens is 318 g/mol. The molecule has 6 nitrogen and oxygen atoms in total. The van der Waals surface area contributed by atoms with E-state index >= 15 is 0 Å². The van der Waals surface area contributed by atoms with E-state index in [1.165, 1.54) is 13.1 Å². The summed E-state index contributed by atoms with van der Waals surface area (Å²) in [7, 11) is 0. The van der Waals surface area contributed by atoms with Crippen LogP contribution >= 0.6 is 11.6 Å². The minimum atomic E-state index is -0.445.